The number of nitrogens with zero attached hydrogens (tertiary/aromatic N) is 1. The Bertz CT molecular complexity index is 1400. The van der Waals surface area contributed by atoms with Gasteiger partial charge in [-0.1, -0.05) is 12.1 Å². The molecular formula is C26H25NO5S. The molecule has 0 N–H and O–H groups in total. The van der Waals surface area contributed by atoms with E-state index < -0.39 is 5.63 Å². The van der Waals surface area contributed by atoms with Gasteiger partial charge in [0.05, 0.1) is 31.4 Å². The van der Waals surface area contributed by atoms with Gasteiger partial charge in [0.1, 0.15) is 16.9 Å². The lowest BCUT2D eigenvalue weighted by Crippen LogP contribution is -2.42. The maximum absolute atomic E-state index is 13.4. The van der Waals surface area contributed by atoms with Crippen LogP contribution in [-0.2, 0) is 11.2 Å². The Morgan fingerprint density at radius 2 is 1.94 bits per heavy atom. The van der Waals surface area contributed by atoms with E-state index in [4.69, 9.17) is 13.6 Å². The molecule has 1 saturated heterocycles. The fraction of sp³-hybridized carbons (Fsp3) is 0.308. The van der Waals surface area contributed by atoms with Crippen LogP contribution in [0.15, 0.2) is 56.3 Å². The summed E-state index contributed by atoms with van der Waals surface area (Å²) in [5.74, 6) is 2.42. The van der Waals surface area contributed by atoms with Crippen molar-refractivity contribution >= 4 is 39.6 Å². The predicted molar refractivity (Wildman–Crippen MR) is 130 cm³/mol. The van der Waals surface area contributed by atoms with Crippen molar-refractivity contribution in [3.8, 4) is 5.75 Å². The third-order valence-electron chi connectivity index (χ3n) is 6.45. The summed E-state index contributed by atoms with van der Waals surface area (Å²) in [6.07, 6.45) is 1.71. The number of methoxy groups -OCH3 is 1. The highest BCUT2D eigenvalue weighted by molar-refractivity contribution is 7.99. The molecule has 4 aromatic rings. The first-order valence-electron chi connectivity index (χ1n) is 10.9. The molecule has 1 fully saturated rings. The lowest BCUT2D eigenvalue weighted by molar-refractivity contribution is -0.132. The number of ether oxygens (including phenoxy) is 1. The van der Waals surface area contributed by atoms with E-state index in [2.05, 4.69) is 0 Å². The van der Waals surface area contributed by atoms with Crippen molar-refractivity contribution in [2.75, 3.05) is 25.2 Å². The first kappa shape index (κ1) is 21.6. The maximum Gasteiger partial charge on any atom is 0.340 e. The van der Waals surface area contributed by atoms with Crippen molar-refractivity contribution in [2.24, 2.45) is 0 Å². The molecule has 1 aliphatic heterocycles. The summed E-state index contributed by atoms with van der Waals surface area (Å²) in [4.78, 5) is 28.2. The van der Waals surface area contributed by atoms with Gasteiger partial charge in [-0.3, -0.25) is 4.79 Å². The minimum Gasteiger partial charge on any atom is -0.497 e. The summed E-state index contributed by atoms with van der Waals surface area (Å²) in [6.45, 7) is 4.51. The molecule has 6 nitrogen and oxygen atoms in total. The van der Waals surface area contributed by atoms with Crippen LogP contribution >= 0.6 is 11.8 Å². The highest BCUT2D eigenvalue weighted by Crippen LogP contribution is 2.32. The summed E-state index contributed by atoms with van der Waals surface area (Å²) in [6, 6.07) is 11.5. The normalized spacial score (nSPS) is 16.5. The monoisotopic (exact) mass is 463 g/mol. The number of furan rings is 1. The standard InChI is InChI=1S/C26H25NO5S/c1-15-13-31-23-12-24-20(10-19(15)23)16(2)21(26(29)32-24)11-25(28)27-8-9-33-14-22(27)17-4-6-18(30-3)7-5-17/h4-7,10,12-13,22H,8-9,11,14H2,1-3H3/t22-/m1/s1. The van der Waals surface area contributed by atoms with Crippen LogP contribution in [0.3, 0.4) is 0 Å². The first-order valence-corrected chi connectivity index (χ1v) is 12.1. The number of hydrogen-bond acceptors (Lipinski definition) is 6. The average molecular weight is 464 g/mol. The van der Waals surface area contributed by atoms with Crippen molar-refractivity contribution < 1.29 is 18.4 Å². The molecule has 33 heavy (non-hydrogen) atoms. The van der Waals surface area contributed by atoms with Crippen LogP contribution in [-0.4, -0.2) is 36.0 Å². The minimum atomic E-state index is -0.469. The van der Waals surface area contributed by atoms with Gasteiger partial charge in [-0.05, 0) is 48.7 Å². The van der Waals surface area contributed by atoms with E-state index in [-0.39, 0.29) is 18.4 Å². The van der Waals surface area contributed by atoms with Crippen LogP contribution in [0.2, 0.25) is 0 Å². The fourth-order valence-electron chi connectivity index (χ4n) is 4.50. The van der Waals surface area contributed by atoms with Crippen LogP contribution in [0.4, 0.5) is 0 Å². The molecule has 0 radical (unpaired) electrons. The van der Waals surface area contributed by atoms with Crippen molar-refractivity contribution in [3.63, 3.8) is 0 Å². The van der Waals surface area contributed by atoms with Gasteiger partial charge < -0.3 is 18.5 Å². The second kappa shape index (κ2) is 8.63. The van der Waals surface area contributed by atoms with Crippen LogP contribution in [0, 0.1) is 13.8 Å². The van der Waals surface area contributed by atoms with Crippen molar-refractivity contribution in [3.05, 3.63) is 75.3 Å². The number of rotatable bonds is 4. The van der Waals surface area contributed by atoms with Gasteiger partial charge in [0, 0.05) is 34.9 Å². The molecule has 0 saturated carbocycles. The number of hydrogen-bond donors (Lipinski definition) is 0. The molecule has 2 aromatic carbocycles. The number of carbonyl (C=O) groups excluding carboxylic acids is 1. The Labute approximate surface area is 195 Å². The van der Waals surface area contributed by atoms with E-state index in [1.807, 2.05) is 60.8 Å². The Balaban J connectivity index is 1.48. The molecule has 1 atom stereocenters. The van der Waals surface area contributed by atoms with Gasteiger partial charge in [0.15, 0.2) is 0 Å². The largest absolute Gasteiger partial charge is 0.497 e. The zero-order valence-corrected chi connectivity index (χ0v) is 19.7. The van der Waals surface area contributed by atoms with Crippen molar-refractivity contribution in [1.29, 1.82) is 0 Å². The van der Waals surface area contributed by atoms with Gasteiger partial charge in [-0.2, -0.15) is 11.8 Å². The summed E-state index contributed by atoms with van der Waals surface area (Å²) < 4.78 is 16.4. The molecule has 0 aliphatic carbocycles. The maximum atomic E-state index is 13.4. The van der Waals surface area contributed by atoms with Gasteiger partial charge >= 0.3 is 5.63 Å². The molecule has 1 amide bonds. The van der Waals surface area contributed by atoms with E-state index >= 15 is 0 Å². The second-order valence-electron chi connectivity index (χ2n) is 8.38. The number of thioether (sulfide) groups is 1. The third-order valence-corrected chi connectivity index (χ3v) is 7.48. The zero-order valence-electron chi connectivity index (χ0n) is 18.8. The molecule has 3 heterocycles. The number of carbonyl (C=O) groups is 1. The third kappa shape index (κ3) is 3.91. The van der Waals surface area contributed by atoms with Gasteiger partial charge in [-0.15, -0.1) is 0 Å². The van der Waals surface area contributed by atoms with Crippen LogP contribution in [0.1, 0.15) is 28.3 Å². The summed E-state index contributed by atoms with van der Waals surface area (Å²) in [7, 11) is 1.64. The predicted octanol–water partition coefficient (Wildman–Crippen LogP) is 5.02. The van der Waals surface area contributed by atoms with E-state index in [9.17, 15) is 9.59 Å². The Morgan fingerprint density at radius 1 is 1.15 bits per heavy atom. The number of benzene rings is 2. The van der Waals surface area contributed by atoms with Crippen LogP contribution < -0.4 is 10.4 Å². The van der Waals surface area contributed by atoms with E-state index in [1.54, 1.807) is 19.4 Å². The van der Waals surface area contributed by atoms with Crippen LogP contribution in [0.5, 0.6) is 5.75 Å². The number of aryl methyl sites for hydroxylation is 2. The molecule has 170 valence electrons. The second-order valence-corrected chi connectivity index (χ2v) is 9.53. The molecule has 1 aliphatic rings. The van der Waals surface area contributed by atoms with Crippen LogP contribution in [0.25, 0.3) is 21.9 Å². The Kier molecular flexibility index (Phi) is 5.66. The number of fused-ring (bicyclic) bond motifs is 2. The molecule has 0 spiro atoms. The topological polar surface area (TPSA) is 72.9 Å². The summed E-state index contributed by atoms with van der Waals surface area (Å²) in [5.41, 5.74) is 3.97. The highest BCUT2D eigenvalue weighted by atomic mass is 32.2. The number of amides is 1. The molecule has 0 bridgehead atoms. The van der Waals surface area contributed by atoms with Gasteiger partial charge in [0.25, 0.3) is 0 Å². The zero-order chi connectivity index (χ0) is 23.1. The SMILES string of the molecule is COc1ccc([C@H]2CSCCN2C(=O)Cc2c(C)c3cc4c(C)coc4cc3oc2=O)cc1. The molecular weight excluding hydrogens is 438 g/mol. The molecule has 5 rings (SSSR count). The molecule has 7 heteroatoms. The van der Waals surface area contributed by atoms with E-state index in [0.717, 1.165) is 44.7 Å². The smallest absolute Gasteiger partial charge is 0.340 e. The highest BCUT2D eigenvalue weighted by Gasteiger charge is 2.29. The van der Waals surface area contributed by atoms with E-state index in [0.29, 0.717) is 23.3 Å². The van der Waals surface area contributed by atoms with Crippen molar-refractivity contribution in [2.45, 2.75) is 26.3 Å². The van der Waals surface area contributed by atoms with Gasteiger partial charge in [-0.25, -0.2) is 4.79 Å². The lowest BCUT2D eigenvalue weighted by Gasteiger charge is -2.36. The van der Waals surface area contributed by atoms with Gasteiger partial charge in [0.2, 0.25) is 5.91 Å². The molecule has 2 aromatic heterocycles. The lowest BCUT2D eigenvalue weighted by atomic mass is 10.0. The quantitative estimate of drug-likeness (QED) is 0.396. The minimum absolute atomic E-state index is 0.0177. The first-order chi connectivity index (χ1) is 16.0. The Morgan fingerprint density at radius 3 is 2.70 bits per heavy atom. The fourth-order valence-corrected chi connectivity index (χ4v) is 5.59. The van der Waals surface area contributed by atoms with E-state index in [1.165, 1.54) is 0 Å². The molecule has 0 unspecified atom stereocenters. The summed E-state index contributed by atoms with van der Waals surface area (Å²) in [5, 5.41) is 1.81. The summed E-state index contributed by atoms with van der Waals surface area (Å²) >= 11 is 1.83. The van der Waals surface area contributed by atoms with Crippen molar-refractivity contribution in [1.82, 2.24) is 4.90 Å². The Hall–Kier alpha value is -3.19. The average Bonchev–Trinajstić information content (AvgIpc) is 3.20.